The Morgan fingerprint density at radius 3 is 2.11 bits per heavy atom. The second-order valence-corrected chi connectivity index (χ2v) is 4.81. The van der Waals surface area contributed by atoms with Crippen molar-refractivity contribution in [2.45, 2.75) is 39.4 Å². The van der Waals surface area contributed by atoms with Crippen LogP contribution < -0.4 is 5.32 Å². The van der Waals surface area contributed by atoms with E-state index in [-0.39, 0.29) is 0 Å². The number of nitrogens with one attached hydrogen (secondary N) is 1. The lowest BCUT2D eigenvalue weighted by molar-refractivity contribution is 0.652. The zero-order valence-electron chi connectivity index (χ0n) is 6.86. The Morgan fingerprint density at radius 2 is 1.78 bits per heavy atom. The highest BCUT2D eigenvalue weighted by Gasteiger charge is 1.93. The lowest BCUT2D eigenvalue weighted by Gasteiger charge is -2.09. The van der Waals surface area contributed by atoms with Crippen molar-refractivity contribution in [2.24, 2.45) is 0 Å². The van der Waals surface area contributed by atoms with Crippen molar-refractivity contribution in [1.29, 1.82) is 0 Å². The predicted octanol–water partition coefficient (Wildman–Crippen LogP) is 2.03. The van der Waals surface area contributed by atoms with Crippen LogP contribution in [-0.2, 0) is 0 Å². The first-order valence-electron chi connectivity index (χ1n) is 3.59. The highest BCUT2D eigenvalue weighted by Crippen LogP contribution is 2.14. The molecule has 1 atom stereocenters. The Kier molecular flexibility index (Phi) is 5.42. The van der Waals surface area contributed by atoms with E-state index < -0.39 is 0 Å². The van der Waals surface area contributed by atoms with Crippen molar-refractivity contribution < 1.29 is 0 Å². The summed E-state index contributed by atoms with van der Waals surface area (Å²) in [5.74, 6) is 0. The molecule has 0 spiro atoms. The van der Waals surface area contributed by atoms with Gasteiger partial charge in [-0.05, 0) is 5.66 Å². The molecule has 0 saturated heterocycles. The van der Waals surface area contributed by atoms with Gasteiger partial charge in [-0.1, -0.05) is 27.7 Å². The summed E-state index contributed by atoms with van der Waals surface area (Å²) in [6, 6.07) is 0.649. The number of hydrogen-bond donors (Lipinski definition) is 1. The van der Waals surface area contributed by atoms with Gasteiger partial charge < -0.3 is 5.32 Å². The van der Waals surface area contributed by atoms with Gasteiger partial charge >= 0.3 is 0 Å². The van der Waals surface area contributed by atoms with Crippen molar-refractivity contribution in [3.63, 3.8) is 0 Å². The van der Waals surface area contributed by atoms with Crippen LogP contribution in [0.3, 0.4) is 0 Å². The van der Waals surface area contributed by atoms with Crippen LogP contribution in [0, 0.1) is 0 Å². The molecular formula is C7H18NP. The number of rotatable bonds is 4. The third-order valence-electron chi connectivity index (χ3n) is 1.02. The third-order valence-corrected chi connectivity index (χ3v) is 2.25. The summed E-state index contributed by atoms with van der Waals surface area (Å²) in [7, 11) is 1.07. The summed E-state index contributed by atoms with van der Waals surface area (Å²) in [6.07, 6.45) is 1.19. The molecule has 1 unspecified atom stereocenters. The van der Waals surface area contributed by atoms with E-state index >= 15 is 0 Å². The fraction of sp³-hybridized carbons (Fsp3) is 1.00. The predicted molar refractivity (Wildman–Crippen MR) is 46.6 cm³/mol. The van der Waals surface area contributed by atoms with E-state index in [0.29, 0.717) is 6.04 Å². The molecule has 1 N–H and O–H groups in total. The van der Waals surface area contributed by atoms with E-state index in [2.05, 4.69) is 33.0 Å². The molecule has 0 aromatic heterocycles. The molecule has 0 aliphatic heterocycles. The van der Waals surface area contributed by atoms with Gasteiger partial charge in [0.1, 0.15) is 0 Å². The van der Waals surface area contributed by atoms with Crippen LogP contribution in [0.1, 0.15) is 27.7 Å². The largest absolute Gasteiger partial charge is 0.311 e. The molecule has 0 saturated carbocycles. The lowest BCUT2D eigenvalue weighted by atomic mass is 10.4. The molecule has 56 valence electrons. The highest BCUT2D eigenvalue weighted by molar-refractivity contribution is 7.38. The maximum absolute atomic E-state index is 3.39. The van der Waals surface area contributed by atoms with Gasteiger partial charge in [-0.3, -0.25) is 0 Å². The summed E-state index contributed by atoms with van der Waals surface area (Å²) < 4.78 is 0. The Hall–Kier alpha value is 0.390. The average molecular weight is 147 g/mol. The minimum absolute atomic E-state index is 0.649. The summed E-state index contributed by atoms with van der Waals surface area (Å²) in [4.78, 5) is 0. The molecule has 0 aromatic rings. The third kappa shape index (κ3) is 8.39. The fourth-order valence-corrected chi connectivity index (χ4v) is 1.40. The van der Waals surface area contributed by atoms with Crippen LogP contribution in [0.2, 0.25) is 0 Å². The zero-order valence-corrected chi connectivity index (χ0v) is 7.86. The van der Waals surface area contributed by atoms with Crippen molar-refractivity contribution in [1.82, 2.24) is 5.32 Å². The van der Waals surface area contributed by atoms with Crippen molar-refractivity contribution in [3.05, 3.63) is 0 Å². The first kappa shape index (κ1) is 9.39. The molecule has 0 aliphatic rings. The summed E-state index contributed by atoms with van der Waals surface area (Å²) in [5, 5.41) is 3.39. The molecular weight excluding hydrogens is 129 g/mol. The molecule has 0 rings (SSSR count). The van der Waals surface area contributed by atoms with Gasteiger partial charge in [0.05, 0.1) is 0 Å². The van der Waals surface area contributed by atoms with Crippen LogP contribution in [0.15, 0.2) is 0 Å². The molecule has 0 bridgehead atoms. The summed E-state index contributed by atoms with van der Waals surface area (Å²) >= 11 is 0. The first-order chi connectivity index (χ1) is 4.13. The van der Waals surface area contributed by atoms with Crippen LogP contribution in [0.5, 0.6) is 0 Å². The molecule has 0 aliphatic carbocycles. The Balaban J connectivity index is 2.91. The van der Waals surface area contributed by atoms with Crippen LogP contribution in [0.25, 0.3) is 0 Å². The zero-order chi connectivity index (χ0) is 7.28. The Bertz CT molecular complexity index is 53.9. The second-order valence-electron chi connectivity index (χ2n) is 2.89. The van der Waals surface area contributed by atoms with Gasteiger partial charge in [-0.2, -0.15) is 0 Å². The number of hydrogen-bond acceptors (Lipinski definition) is 1. The normalized spacial score (nSPS) is 12.7. The van der Waals surface area contributed by atoms with Gasteiger partial charge in [0.2, 0.25) is 0 Å². The van der Waals surface area contributed by atoms with E-state index in [4.69, 9.17) is 0 Å². The van der Waals surface area contributed by atoms with Gasteiger partial charge in [-0.15, -0.1) is 8.58 Å². The molecule has 0 radical (unpaired) electrons. The highest BCUT2D eigenvalue weighted by atomic mass is 31.1. The van der Waals surface area contributed by atoms with E-state index in [1.54, 1.807) is 0 Å². The lowest BCUT2D eigenvalue weighted by Crippen LogP contribution is -2.21. The molecule has 2 heteroatoms. The molecule has 0 aromatic carbocycles. The maximum atomic E-state index is 3.39. The molecule has 0 fully saturated rings. The van der Waals surface area contributed by atoms with E-state index in [9.17, 15) is 0 Å². The minimum atomic E-state index is 0.649. The summed E-state index contributed by atoms with van der Waals surface area (Å²) in [6.45, 7) is 8.90. The summed E-state index contributed by atoms with van der Waals surface area (Å²) in [5.41, 5.74) is 0.858. The van der Waals surface area contributed by atoms with Crippen LogP contribution >= 0.6 is 8.58 Å². The molecule has 9 heavy (non-hydrogen) atoms. The average Bonchev–Trinajstić information content (AvgIpc) is 1.63. The van der Waals surface area contributed by atoms with Crippen LogP contribution in [0.4, 0.5) is 0 Å². The topological polar surface area (TPSA) is 12.0 Å². The monoisotopic (exact) mass is 147 g/mol. The van der Waals surface area contributed by atoms with E-state index in [1.807, 2.05) is 0 Å². The van der Waals surface area contributed by atoms with Gasteiger partial charge in [-0.25, -0.2) is 0 Å². The first-order valence-corrected chi connectivity index (χ1v) is 4.88. The Morgan fingerprint density at radius 1 is 1.22 bits per heavy atom. The van der Waals surface area contributed by atoms with E-state index in [0.717, 1.165) is 14.2 Å². The fourth-order valence-electron chi connectivity index (χ4n) is 0.467. The molecule has 1 nitrogen and oxygen atoms in total. The van der Waals surface area contributed by atoms with E-state index in [1.165, 1.54) is 6.29 Å². The Labute approximate surface area is 60.4 Å². The molecule has 0 amide bonds. The van der Waals surface area contributed by atoms with Gasteiger partial charge in [0.15, 0.2) is 0 Å². The SMILES string of the molecule is CC(C)NCPC(C)C. The van der Waals surface area contributed by atoms with Gasteiger partial charge in [0, 0.05) is 12.3 Å². The van der Waals surface area contributed by atoms with Crippen molar-refractivity contribution >= 4 is 8.58 Å². The van der Waals surface area contributed by atoms with Gasteiger partial charge in [0.25, 0.3) is 0 Å². The minimum Gasteiger partial charge on any atom is -0.311 e. The smallest absolute Gasteiger partial charge is 0.0131 e. The maximum Gasteiger partial charge on any atom is 0.0131 e. The quantitative estimate of drug-likeness (QED) is 0.600. The standard InChI is InChI=1S/C7H18NP/c1-6(2)8-5-9-7(3)4/h6-9H,5H2,1-4H3. The van der Waals surface area contributed by atoms with Crippen molar-refractivity contribution in [2.75, 3.05) is 6.29 Å². The second kappa shape index (κ2) is 5.20. The van der Waals surface area contributed by atoms with Crippen molar-refractivity contribution in [3.8, 4) is 0 Å². The molecule has 0 heterocycles. The van der Waals surface area contributed by atoms with Crippen LogP contribution in [-0.4, -0.2) is 18.0 Å².